The fraction of sp³-hybridized carbons (Fsp3) is 0.533. The van der Waals surface area contributed by atoms with Crippen LogP contribution in [-0.4, -0.2) is 59.2 Å². The summed E-state index contributed by atoms with van der Waals surface area (Å²) in [5.41, 5.74) is 1.43. The molecule has 1 atom stereocenters. The van der Waals surface area contributed by atoms with Crippen molar-refractivity contribution in [3.05, 3.63) is 30.5 Å². The largest absolute Gasteiger partial charge is 0.443 e. The van der Waals surface area contributed by atoms with Gasteiger partial charge in [-0.15, -0.1) is 0 Å². The van der Waals surface area contributed by atoms with Crippen molar-refractivity contribution in [2.45, 2.75) is 19.3 Å². The average Bonchev–Trinajstić information content (AvgIpc) is 3.10. The monoisotopic (exact) mass is 351 g/mol. The molecule has 9 heteroatoms. The smallest absolute Gasteiger partial charge is 0.281 e. The fourth-order valence-electron chi connectivity index (χ4n) is 2.85. The second-order valence-corrected chi connectivity index (χ2v) is 8.23. The van der Waals surface area contributed by atoms with Crippen LogP contribution in [0.2, 0.25) is 0 Å². The zero-order chi connectivity index (χ0) is 17.2. The molecule has 3 rings (SSSR count). The topological polar surface area (TPSA) is 92.4 Å². The Balaban J connectivity index is 1.65. The zero-order valence-corrected chi connectivity index (χ0v) is 14.6. The Morgan fingerprint density at radius 2 is 2.12 bits per heavy atom. The molecular weight excluding hydrogens is 330 g/mol. The first-order valence-corrected chi connectivity index (χ1v) is 9.25. The van der Waals surface area contributed by atoms with E-state index in [1.165, 1.54) is 10.6 Å². The summed E-state index contributed by atoms with van der Waals surface area (Å²) in [6.45, 7) is 1.09. The summed E-state index contributed by atoms with van der Waals surface area (Å²) < 4.78 is 32.5. The first kappa shape index (κ1) is 17.0. The average molecular weight is 351 g/mol. The summed E-state index contributed by atoms with van der Waals surface area (Å²) in [5.74, 6) is 0.685. The summed E-state index contributed by atoms with van der Waals surface area (Å²) >= 11 is 0. The maximum absolute atomic E-state index is 12.3. The Hall–Kier alpha value is -1.84. The SMILES string of the molecule is CN(C)S(=O)(=O)N1CCC[C@@H](Cc2cnc(-c3ncco3)cn2)C1. The van der Waals surface area contributed by atoms with E-state index in [2.05, 4.69) is 15.0 Å². The zero-order valence-electron chi connectivity index (χ0n) is 13.8. The Bertz CT molecular complexity index is 759. The molecule has 0 unspecified atom stereocenters. The van der Waals surface area contributed by atoms with Crippen LogP contribution in [-0.2, 0) is 16.6 Å². The summed E-state index contributed by atoms with van der Waals surface area (Å²) in [6.07, 6.45) is 8.96. The van der Waals surface area contributed by atoms with E-state index in [1.54, 1.807) is 37.0 Å². The number of aromatic nitrogens is 3. The van der Waals surface area contributed by atoms with Crippen LogP contribution in [0.3, 0.4) is 0 Å². The van der Waals surface area contributed by atoms with Crippen LogP contribution in [0.5, 0.6) is 0 Å². The van der Waals surface area contributed by atoms with Crippen molar-refractivity contribution < 1.29 is 12.8 Å². The van der Waals surface area contributed by atoms with Crippen LogP contribution in [0.15, 0.2) is 29.3 Å². The third-order valence-corrected chi connectivity index (χ3v) is 6.03. The lowest BCUT2D eigenvalue weighted by molar-refractivity contribution is 0.253. The van der Waals surface area contributed by atoms with Gasteiger partial charge in [0.2, 0.25) is 5.89 Å². The molecule has 2 aromatic heterocycles. The number of hydrogen-bond acceptors (Lipinski definition) is 6. The molecule has 1 saturated heterocycles. The molecule has 0 saturated carbocycles. The minimum Gasteiger partial charge on any atom is -0.443 e. The quantitative estimate of drug-likeness (QED) is 0.803. The van der Waals surface area contributed by atoms with Crippen LogP contribution >= 0.6 is 0 Å². The highest BCUT2D eigenvalue weighted by molar-refractivity contribution is 7.86. The summed E-state index contributed by atoms with van der Waals surface area (Å²) in [5, 5.41) is 0. The molecule has 0 radical (unpaired) electrons. The first-order chi connectivity index (χ1) is 11.5. The lowest BCUT2D eigenvalue weighted by atomic mass is 9.95. The highest BCUT2D eigenvalue weighted by Crippen LogP contribution is 2.23. The molecule has 0 spiro atoms. The van der Waals surface area contributed by atoms with Crippen LogP contribution in [0.4, 0.5) is 0 Å². The van der Waals surface area contributed by atoms with Crippen molar-refractivity contribution >= 4 is 10.2 Å². The third-order valence-electron chi connectivity index (χ3n) is 4.12. The van der Waals surface area contributed by atoms with Crippen molar-refractivity contribution in [2.75, 3.05) is 27.2 Å². The van der Waals surface area contributed by atoms with Gasteiger partial charge >= 0.3 is 0 Å². The van der Waals surface area contributed by atoms with Gasteiger partial charge < -0.3 is 4.42 Å². The molecule has 130 valence electrons. The van der Waals surface area contributed by atoms with Crippen molar-refractivity contribution in [3.63, 3.8) is 0 Å². The van der Waals surface area contributed by atoms with E-state index in [4.69, 9.17) is 4.42 Å². The highest BCUT2D eigenvalue weighted by Gasteiger charge is 2.30. The van der Waals surface area contributed by atoms with E-state index in [0.29, 0.717) is 31.1 Å². The molecule has 0 amide bonds. The third kappa shape index (κ3) is 3.63. The molecule has 1 aliphatic rings. The molecule has 0 N–H and O–H groups in total. The molecule has 24 heavy (non-hydrogen) atoms. The molecule has 0 bridgehead atoms. The second-order valence-electron chi connectivity index (χ2n) is 6.09. The number of rotatable bonds is 5. The standard InChI is InChI=1S/C15H21N5O3S/c1-19(2)24(21,22)20-6-3-4-12(11-20)8-13-9-18-14(10-17-13)15-16-5-7-23-15/h5,7,9-10,12H,3-4,6,8,11H2,1-2H3/t12-/m0/s1. The Labute approximate surface area is 141 Å². The molecule has 0 aromatic carbocycles. The van der Waals surface area contributed by atoms with Crippen LogP contribution in [0.25, 0.3) is 11.6 Å². The predicted molar refractivity (Wildman–Crippen MR) is 88.1 cm³/mol. The molecular formula is C15H21N5O3S. The van der Waals surface area contributed by atoms with Crippen LogP contribution in [0, 0.1) is 5.92 Å². The van der Waals surface area contributed by atoms with E-state index in [0.717, 1.165) is 18.5 Å². The number of hydrogen-bond donors (Lipinski definition) is 0. The summed E-state index contributed by atoms with van der Waals surface area (Å²) in [7, 11) is -0.229. The van der Waals surface area contributed by atoms with E-state index in [1.807, 2.05) is 0 Å². The van der Waals surface area contributed by atoms with Gasteiger partial charge in [-0.05, 0) is 25.2 Å². The fourth-order valence-corrected chi connectivity index (χ4v) is 4.07. The Morgan fingerprint density at radius 3 is 2.75 bits per heavy atom. The van der Waals surface area contributed by atoms with Gasteiger partial charge in [-0.25, -0.2) is 9.97 Å². The van der Waals surface area contributed by atoms with Crippen molar-refractivity contribution in [2.24, 2.45) is 5.92 Å². The van der Waals surface area contributed by atoms with Gasteiger partial charge in [0.25, 0.3) is 10.2 Å². The van der Waals surface area contributed by atoms with Crippen LogP contribution in [0.1, 0.15) is 18.5 Å². The maximum Gasteiger partial charge on any atom is 0.281 e. The van der Waals surface area contributed by atoms with E-state index in [-0.39, 0.29) is 5.92 Å². The first-order valence-electron chi connectivity index (χ1n) is 7.85. The molecule has 8 nitrogen and oxygen atoms in total. The summed E-state index contributed by atoms with van der Waals surface area (Å²) in [4.78, 5) is 12.8. The highest BCUT2D eigenvalue weighted by atomic mass is 32.2. The lowest BCUT2D eigenvalue weighted by Crippen LogP contribution is -2.45. The van der Waals surface area contributed by atoms with Crippen LogP contribution < -0.4 is 0 Å². The Kier molecular flexibility index (Phi) is 4.93. The summed E-state index contributed by atoms with van der Waals surface area (Å²) in [6, 6.07) is 0. The lowest BCUT2D eigenvalue weighted by Gasteiger charge is -2.33. The van der Waals surface area contributed by atoms with Gasteiger partial charge in [0.05, 0.1) is 18.1 Å². The van der Waals surface area contributed by atoms with Gasteiger partial charge in [0.15, 0.2) is 0 Å². The molecule has 1 fully saturated rings. The number of oxazole rings is 1. The van der Waals surface area contributed by atoms with E-state index >= 15 is 0 Å². The van der Waals surface area contributed by atoms with E-state index in [9.17, 15) is 8.42 Å². The molecule has 3 heterocycles. The number of piperidine rings is 1. The second kappa shape index (κ2) is 6.96. The van der Waals surface area contributed by atoms with Crippen molar-refractivity contribution in [1.29, 1.82) is 0 Å². The van der Waals surface area contributed by atoms with Gasteiger partial charge in [0.1, 0.15) is 12.0 Å². The molecule has 2 aromatic rings. The van der Waals surface area contributed by atoms with Gasteiger partial charge in [-0.1, -0.05) is 0 Å². The predicted octanol–water partition coefficient (Wildman–Crippen LogP) is 1.19. The van der Waals surface area contributed by atoms with Crippen molar-refractivity contribution in [3.8, 4) is 11.6 Å². The normalized spacial score (nSPS) is 19.7. The molecule has 1 aliphatic heterocycles. The van der Waals surface area contributed by atoms with Gasteiger partial charge in [0, 0.05) is 33.4 Å². The van der Waals surface area contributed by atoms with Crippen molar-refractivity contribution in [1.82, 2.24) is 23.6 Å². The Morgan fingerprint density at radius 1 is 1.29 bits per heavy atom. The number of nitrogens with zero attached hydrogens (tertiary/aromatic N) is 5. The minimum atomic E-state index is -3.35. The van der Waals surface area contributed by atoms with Gasteiger partial charge in [-0.2, -0.15) is 17.0 Å². The minimum absolute atomic E-state index is 0.246. The van der Waals surface area contributed by atoms with E-state index < -0.39 is 10.2 Å². The van der Waals surface area contributed by atoms with Gasteiger partial charge in [-0.3, -0.25) is 4.98 Å². The maximum atomic E-state index is 12.3. The molecule has 0 aliphatic carbocycles.